The zero-order valence-electron chi connectivity index (χ0n) is 5.28. The van der Waals surface area contributed by atoms with Gasteiger partial charge in [-0.15, -0.1) is 0 Å². The highest BCUT2D eigenvalue weighted by Gasteiger charge is 1.72. The van der Waals surface area contributed by atoms with Gasteiger partial charge < -0.3 is 0 Å². The summed E-state index contributed by atoms with van der Waals surface area (Å²) in [5.41, 5.74) is 0. The lowest BCUT2D eigenvalue weighted by molar-refractivity contribution is 1.01. The fourth-order valence-corrected chi connectivity index (χ4v) is 0.495. The topological polar surface area (TPSA) is 24.7 Å². The van der Waals surface area contributed by atoms with Gasteiger partial charge >= 0.3 is 0 Å². The molecule has 52 valence electrons. The maximum atomic E-state index is 4.36. The minimum absolute atomic E-state index is 0.660. The summed E-state index contributed by atoms with van der Waals surface area (Å²) in [4.78, 5) is 7.26. The van der Waals surface area contributed by atoms with E-state index < -0.39 is 0 Å². The summed E-state index contributed by atoms with van der Waals surface area (Å²) in [6.07, 6.45) is 4.24. The molecule has 0 aromatic carbocycles. The van der Waals surface area contributed by atoms with Crippen molar-refractivity contribution in [1.82, 2.24) is 0 Å². The van der Waals surface area contributed by atoms with E-state index in [0.29, 0.717) is 6.54 Å². The van der Waals surface area contributed by atoms with Crippen LogP contribution in [0.2, 0.25) is 0 Å². The van der Waals surface area contributed by atoms with Crippen molar-refractivity contribution in [1.29, 1.82) is 0 Å². The Kier molecular flexibility index (Phi) is 7.79. The molecular formula is C6H6N2S2. The van der Waals surface area contributed by atoms with Crippen LogP contribution in [0.5, 0.6) is 0 Å². The van der Waals surface area contributed by atoms with E-state index in [1.165, 1.54) is 0 Å². The van der Waals surface area contributed by atoms with Crippen LogP contribution in [0, 0.1) is 0 Å². The molecule has 2 nitrogen and oxygen atoms in total. The third kappa shape index (κ3) is 7.34. The first-order valence-electron chi connectivity index (χ1n) is 2.67. The van der Waals surface area contributed by atoms with E-state index in [4.69, 9.17) is 0 Å². The minimum atomic E-state index is 0.660. The summed E-state index contributed by atoms with van der Waals surface area (Å²) < 4.78 is 0. The molecule has 0 spiro atoms. The second kappa shape index (κ2) is 8.34. The summed E-state index contributed by atoms with van der Waals surface area (Å²) in [6.45, 7) is 0.660. The molecule has 0 aliphatic carbocycles. The molecule has 0 atom stereocenters. The van der Waals surface area contributed by atoms with Crippen LogP contribution in [0.1, 0.15) is 6.42 Å². The molecule has 0 rings (SSSR count). The van der Waals surface area contributed by atoms with Crippen molar-refractivity contribution in [2.45, 2.75) is 6.42 Å². The smallest absolute Gasteiger partial charge is 0.0634 e. The average molecular weight is 170 g/mol. The highest BCUT2D eigenvalue weighted by atomic mass is 32.1. The van der Waals surface area contributed by atoms with Crippen LogP contribution < -0.4 is 0 Å². The van der Waals surface area contributed by atoms with E-state index in [-0.39, 0.29) is 0 Å². The maximum Gasteiger partial charge on any atom is 0.0634 e. The van der Waals surface area contributed by atoms with E-state index in [0.717, 1.165) is 6.42 Å². The molecule has 0 unspecified atom stereocenters. The molecule has 0 fully saturated rings. The average Bonchev–Trinajstić information content (AvgIpc) is 1.97. The lowest BCUT2D eigenvalue weighted by atomic mass is 10.4. The number of aliphatic imine (C=N–C) groups is 2. The van der Waals surface area contributed by atoms with Crippen LogP contribution in [0.4, 0.5) is 0 Å². The first kappa shape index (κ1) is 9.34. The Balaban J connectivity index is 3.35. The van der Waals surface area contributed by atoms with E-state index in [1.807, 2.05) is 6.08 Å². The Morgan fingerprint density at radius 1 is 1.30 bits per heavy atom. The molecule has 0 aliphatic heterocycles. The predicted molar refractivity (Wildman–Crippen MR) is 48.7 cm³/mol. The zero-order valence-corrected chi connectivity index (χ0v) is 6.91. The quantitative estimate of drug-likeness (QED) is 0.366. The molecule has 0 bridgehead atoms. The molecule has 0 aromatic heterocycles. The van der Waals surface area contributed by atoms with Gasteiger partial charge in [0.2, 0.25) is 0 Å². The van der Waals surface area contributed by atoms with E-state index in [1.54, 1.807) is 6.20 Å². The molecule has 0 heterocycles. The largest absolute Gasteiger partial charge is 0.232 e. The van der Waals surface area contributed by atoms with Gasteiger partial charge in [0.1, 0.15) is 0 Å². The van der Waals surface area contributed by atoms with Crippen LogP contribution in [-0.4, -0.2) is 16.9 Å². The molecule has 0 aliphatic rings. The number of thiocarbonyl (C=S) groups is 2. The van der Waals surface area contributed by atoms with Crippen LogP contribution in [0.15, 0.2) is 22.3 Å². The Morgan fingerprint density at radius 3 is 2.70 bits per heavy atom. The summed E-state index contributed by atoms with van der Waals surface area (Å²) in [5, 5.41) is 4.48. The van der Waals surface area contributed by atoms with Crippen molar-refractivity contribution in [3.63, 3.8) is 0 Å². The van der Waals surface area contributed by atoms with E-state index in [2.05, 4.69) is 44.7 Å². The molecule has 4 heteroatoms. The lowest BCUT2D eigenvalue weighted by Gasteiger charge is -1.79. The van der Waals surface area contributed by atoms with Gasteiger partial charge in [-0.05, 0) is 30.9 Å². The SMILES string of the molecule is S=C=NC=CCCN=C=S. The van der Waals surface area contributed by atoms with Crippen molar-refractivity contribution in [2.75, 3.05) is 6.54 Å². The first-order valence-corrected chi connectivity index (χ1v) is 3.49. The normalized spacial score (nSPS) is 8.40. The Morgan fingerprint density at radius 2 is 2.10 bits per heavy atom. The molecule has 0 radical (unpaired) electrons. The van der Waals surface area contributed by atoms with Crippen molar-refractivity contribution in [3.8, 4) is 0 Å². The fraction of sp³-hybridized carbons (Fsp3) is 0.333. The van der Waals surface area contributed by atoms with Crippen LogP contribution in [0.25, 0.3) is 0 Å². The van der Waals surface area contributed by atoms with Crippen molar-refractivity contribution in [2.24, 2.45) is 9.98 Å². The van der Waals surface area contributed by atoms with Gasteiger partial charge in [0.15, 0.2) is 0 Å². The number of hydrogen-bond acceptors (Lipinski definition) is 4. The first-order chi connectivity index (χ1) is 4.91. The number of isothiocyanates is 2. The molecular weight excluding hydrogens is 164 g/mol. The van der Waals surface area contributed by atoms with Gasteiger partial charge in [0.25, 0.3) is 0 Å². The molecule has 0 aromatic rings. The lowest BCUT2D eigenvalue weighted by Crippen LogP contribution is -1.72. The monoisotopic (exact) mass is 170 g/mol. The van der Waals surface area contributed by atoms with E-state index >= 15 is 0 Å². The van der Waals surface area contributed by atoms with Crippen LogP contribution >= 0.6 is 24.4 Å². The highest BCUT2D eigenvalue weighted by molar-refractivity contribution is 7.78. The Bertz CT molecular complexity index is 198. The van der Waals surface area contributed by atoms with Crippen molar-refractivity contribution in [3.05, 3.63) is 12.3 Å². The van der Waals surface area contributed by atoms with Gasteiger partial charge in [0, 0.05) is 6.20 Å². The number of hydrogen-bond donors (Lipinski definition) is 0. The summed E-state index contributed by atoms with van der Waals surface area (Å²) in [7, 11) is 0. The number of rotatable bonds is 4. The van der Waals surface area contributed by atoms with Crippen LogP contribution in [-0.2, 0) is 0 Å². The van der Waals surface area contributed by atoms with Crippen molar-refractivity contribution < 1.29 is 0 Å². The fourth-order valence-electron chi connectivity index (χ4n) is 0.342. The second-order valence-electron chi connectivity index (χ2n) is 1.37. The molecule has 0 saturated heterocycles. The summed E-state index contributed by atoms with van der Waals surface area (Å²) in [5.74, 6) is 0. The number of nitrogens with zero attached hydrogens (tertiary/aromatic N) is 2. The zero-order chi connectivity index (χ0) is 7.66. The van der Waals surface area contributed by atoms with Gasteiger partial charge in [-0.1, -0.05) is 6.08 Å². The molecule has 0 saturated carbocycles. The van der Waals surface area contributed by atoms with Gasteiger partial charge in [0.05, 0.1) is 16.9 Å². The molecule has 10 heavy (non-hydrogen) atoms. The Hall–Kier alpha value is -0.660. The third-order valence-electron chi connectivity index (χ3n) is 0.705. The van der Waals surface area contributed by atoms with Gasteiger partial charge in [-0.3, -0.25) is 0 Å². The summed E-state index contributed by atoms with van der Waals surface area (Å²) >= 11 is 8.69. The van der Waals surface area contributed by atoms with E-state index in [9.17, 15) is 0 Å². The van der Waals surface area contributed by atoms with Gasteiger partial charge in [-0.2, -0.15) is 0 Å². The minimum Gasteiger partial charge on any atom is -0.232 e. The molecule has 0 N–H and O–H groups in total. The van der Waals surface area contributed by atoms with Gasteiger partial charge in [-0.25, -0.2) is 9.98 Å². The summed E-state index contributed by atoms with van der Waals surface area (Å²) in [6, 6.07) is 0. The highest BCUT2D eigenvalue weighted by Crippen LogP contribution is 1.82. The third-order valence-corrected chi connectivity index (χ3v) is 0.939. The predicted octanol–water partition coefficient (Wildman–Crippen LogP) is 2.10. The second-order valence-corrected chi connectivity index (χ2v) is 1.73. The standard InChI is InChI=1S/C6H6N2S2/c9-5-7-3-1-2-4-8-6-10/h1,3H,2,4H2. The Labute approximate surface area is 70.4 Å². The molecule has 0 amide bonds. The maximum absolute atomic E-state index is 4.36. The van der Waals surface area contributed by atoms with Crippen LogP contribution in [0.3, 0.4) is 0 Å². The van der Waals surface area contributed by atoms with Crippen molar-refractivity contribution >= 4 is 34.8 Å².